The highest BCUT2D eigenvalue weighted by Gasteiger charge is 2.25. The van der Waals surface area contributed by atoms with Crippen LogP contribution in [0.5, 0.6) is 0 Å². The molecule has 1 unspecified atom stereocenters. The zero-order chi connectivity index (χ0) is 10.6. The fourth-order valence-electron chi connectivity index (χ4n) is 2.18. The minimum atomic E-state index is 0.386. The third kappa shape index (κ3) is 2.37. The van der Waals surface area contributed by atoms with Gasteiger partial charge in [-0.2, -0.15) is 0 Å². The maximum atomic E-state index is 7.75. The van der Waals surface area contributed by atoms with Crippen LogP contribution in [0.4, 0.5) is 0 Å². The van der Waals surface area contributed by atoms with Crippen LogP contribution in [0.3, 0.4) is 0 Å². The zero-order valence-electron chi connectivity index (χ0n) is 9.61. The highest BCUT2D eigenvalue weighted by molar-refractivity contribution is 5.85. The second-order valence-electron chi connectivity index (χ2n) is 4.12. The quantitative estimate of drug-likeness (QED) is 0.648. The number of hydrogen-bond acceptors (Lipinski definition) is 2. The molecule has 0 aliphatic carbocycles. The van der Waals surface area contributed by atoms with Gasteiger partial charge in [-0.15, -0.1) is 0 Å². The Hall–Kier alpha value is -0.790. The maximum Gasteiger partial charge on any atom is 0.0365 e. The topological polar surface area (TPSA) is 35.9 Å². The van der Waals surface area contributed by atoms with Crippen LogP contribution in [0.25, 0.3) is 0 Å². The van der Waals surface area contributed by atoms with E-state index in [9.17, 15) is 0 Å². The molecule has 14 heavy (non-hydrogen) atoms. The highest BCUT2D eigenvalue weighted by atomic mass is 14.9. The molecule has 2 nitrogen and oxygen atoms in total. The summed E-state index contributed by atoms with van der Waals surface area (Å²) in [6, 6.07) is 0. The molecule has 0 fully saturated rings. The third-order valence-electron chi connectivity index (χ3n) is 2.87. The van der Waals surface area contributed by atoms with Gasteiger partial charge < -0.3 is 10.7 Å². The minimum absolute atomic E-state index is 0.386. The summed E-state index contributed by atoms with van der Waals surface area (Å²) in [7, 11) is 0. The fraction of sp³-hybridized carbons (Fsp3) is 0.750. The first-order chi connectivity index (χ1) is 6.70. The molecule has 1 atom stereocenters. The molecule has 1 aliphatic rings. The first-order valence-corrected chi connectivity index (χ1v) is 5.71. The van der Waals surface area contributed by atoms with Gasteiger partial charge in [-0.3, -0.25) is 0 Å². The van der Waals surface area contributed by atoms with Crippen LogP contribution in [0.15, 0.2) is 11.3 Å². The smallest absolute Gasteiger partial charge is 0.0365 e. The Morgan fingerprint density at radius 2 is 2.00 bits per heavy atom. The number of hydrogen-bond donors (Lipinski definition) is 2. The molecule has 2 N–H and O–H groups in total. The standard InChI is InChI=1S/C12H22N2/c1-4-6-10-11(9(3)13)8-14-12(10)7-5-2/h11,13-14H,4-8H2,1-3H3. The largest absolute Gasteiger partial charge is 0.387 e. The molecule has 0 saturated carbocycles. The van der Waals surface area contributed by atoms with E-state index in [2.05, 4.69) is 19.2 Å². The summed E-state index contributed by atoms with van der Waals surface area (Å²) < 4.78 is 0. The van der Waals surface area contributed by atoms with E-state index in [1.807, 2.05) is 6.92 Å². The second kappa shape index (κ2) is 5.18. The summed E-state index contributed by atoms with van der Waals surface area (Å²) in [5.74, 6) is 0.386. The molecule has 0 radical (unpaired) electrons. The van der Waals surface area contributed by atoms with E-state index in [4.69, 9.17) is 5.41 Å². The SMILES string of the molecule is CCCC1=C(CCC)C(C(C)=N)CN1. The predicted octanol–water partition coefficient (Wildman–Crippen LogP) is 3.10. The summed E-state index contributed by atoms with van der Waals surface area (Å²) in [4.78, 5) is 0. The molecule has 1 rings (SSSR count). The van der Waals surface area contributed by atoms with E-state index in [0.717, 1.165) is 25.1 Å². The zero-order valence-corrected chi connectivity index (χ0v) is 9.61. The molecule has 0 aromatic carbocycles. The van der Waals surface area contributed by atoms with Gasteiger partial charge >= 0.3 is 0 Å². The lowest BCUT2D eigenvalue weighted by atomic mass is 9.92. The molecular weight excluding hydrogens is 172 g/mol. The van der Waals surface area contributed by atoms with Gasteiger partial charge in [0.15, 0.2) is 0 Å². The van der Waals surface area contributed by atoms with Crippen molar-refractivity contribution >= 4 is 5.71 Å². The molecule has 80 valence electrons. The first kappa shape index (κ1) is 11.3. The van der Waals surface area contributed by atoms with Gasteiger partial charge in [-0.25, -0.2) is 0 Å². The maximum absolute atomic E-state index is 7.75. The Morgan fingerprint density at radius 1 is 1.36 bits per heavy atom. The van der Waals surface area contributed by atoms with Crippen LogP contribution in [0.2, 0.25) is 0 Å². The molecule has 0 bridgehead atoms. The molecule has 0 amide bonds. The van der Waals surface area contributed by atoms with E-state index < -0.39 is 0 Å². The molecule has 0 aromatic rings. The third-order valence-corrected chi connectivity index (χ3v) is 2.87. The van der Waals surface area contributed by atoms with Crippen molar-refractivity contribution in [1.29, 1.82) is 5.41 Å². The van der Waals surface area contributed by atoms with Gasteiger partial charge in [-0.1, -0.05) is 26.7 Å². The predicted molar refractivity (Wildman–Crippen MR) is 61.7 cm³/mol. The average Bonchev–Trinajstić information content (AvgIpc) is 2.50. The van der Waals surface area contributed by atoms with Crippen molar-refractivity contribution < 1.29 is 0 Å². The van der Waals surface area contributed by atoms with Gasteiger partial charge in [0.05, 0.1) is 0 Å². The van der Waals surface area contributed by atoms with Crippen molar-refractivity contribution in [1.82, 2.24) is 5.32 Å². The molecule has 0 saturated heterocycles. The van der Waals surface area contributed by atoms with E-state index in [1.165, 1.54) is 24.1 Å². The van der Waals surface area contributed by atoms with Crippen molar-refractivity contribution in [3.63, 3.8) is 0 Å². The van der Waals surface area contributed by atoms with E-state index >= 15 is 0 Å². The van der Waals surface area contributed by atoms with Crippen LogP contribution in [-0.4, -0.2) is 12.3 Å². The number of rotatable bonds is 5. The van der Waals surface area contributed by atoms with Crippen molar-refractivity contribution in [2.45, 2.75) is 46.5 Å². The minimum Gasteiger partial charge on any atom is -0.387 e. The van der Waals surface area contributed by atoms with Gasteiger partial charge in [-0.05, 0) is 25.3 Å². The van der Waals surface area contributed by atoms with Crippen molar-refractivity contribution in [2.24, 2.45) is 5.92 Å². The Balaban J connectivity index is 2.78. The first-order valence-electron chi connectivity index (χ1n) is 5.71. The second-order valence-corrected chi connectivity index (χ2v) is 4.12. The summed E-state index contributed by atoms with van der Waals surface area (Å²) in [6.07, 6.45) is 4.69. The van der Waals surface area contributed by atoms with Crippen molar-refractivity contribution in [2.75, 3.05) is 6.54 Å². The van der Waals surface area contributed by atoms with Gasteiger partial charge in [0, 0.05) is 23.9 Å². The molecule has 2 heteroatoms. The van der Waals surface area contributed by atoms with Crippen LogP contribution in [0, 0.1) is 11.3 Å². The molecule has 1 heterocycles. The summed E-state index contributed by atoms with van der Waals surface area (Å²) in [6.45, 7) is 7.31. The van der Waals surface area contributed by atoms with E-state index in [-0.39, 0.29) is 0 Å². The van der Waals surface area contributed by atoms with Gasteiger partial charge in [0.2, 0.25) is 0 Å². The van der Waals surface area contributed by atoms with Crippen molar-refractivity contribution in [3.05, 3.63) is 11.3 Å². The number of allylic oxidation sites excluding steroid dienone is 1. The number of nitrogens with one attached hydrogen (secondary N) is 2. The van der Waals surface area contributed by atoms with Crippen LogP contribution < -0.4 is 5.32 Å². The Bertz CT molecular complexity index is 241. The van der Waals surface area contributed by atoms with Crippen LogP contribution >= 0.6 is 0 Å². The van der Waals surface area contributed by atoms with Crippen LogP contribution in [-0.2, 0) is 0 Å². The molecule has 0 spiro atoms. The summed E-state index contributed by atoms with van der Waals surface area (Å²) >= 11 is 0. The van der Waals surface area contributed by atoms with Crippen molar-refractivity contribution in [3.8, 4) is 0 Å². The lowest BCUT2D eigenvalue weighted by Crippen LogP contribution is -2.18. The molecular formula is C12H22N2. The summed E-state index contributed by atoms with van der Waals surface area (Å²) in [5, 5.41) is 11.2. The average molecular weight is 194 g/mol. The fourth-order valence-corrected chi connectivity index (χ4v) is 2.18. The van der Waals surface area contributed by atoms with Gasteiger partial charge in [0.1, 0.15) is 0 Å². The molecule has 1 aliphatic heterocycles. The lowest BCUT2D eigenvalue weighted by Gasteiger charge is -2.12. The van der Waals surface area contributed by atoms with E-state index in [0.29, 0.717) is 5.92 Å². The highest BCUT2D eigenvalue weighted by Crippen LogP contribution is 2.28. The normalized spacial score (nSPS) is 21.2. The van der Waals surface area contributed by atoms with Gasteiger partial charge in [0.25, 0.3) is 0 Å². The Labute approximate surface area is 87.3 Å². The van der Waals surface area contributed by atoms with E-state index in [1.54, 1.807) is 0 Å². The van der Waals surface area contributed by atoms with Crippen LogP contribution in [0.1, 0.15) is 46.5 Å². The lowest BCUT2D eigenvalue weighted by molar-refractivity contribution is 0.739. The monoisotopic (exact) mass is 194 g/mol. The molecule has 0 aromatic heterocycles. The Kier molecular flexibility index (Phi) is 4.18. The summed E-state index contributed by atoms with van der Waals surface area (Å²) in [5.41, 5.74) is 3.74. The Morgan fingerprint density at radius 3 is 2.50 bits per heavy atom.